The predicted molar refractivity (Wildman–Crippen MR) is 93.5 cm³/mol. The van der Waals surface area contributed by atoms with Crippen molar-refractivity contribution in [2.24, 2.45) is 11.8 Å². The lowest BCUT2D eigenvalue weighted by molar-refractivity contribution is 0.218. The zero-order valence-corrected chi connectivity index (χ0v) is 15.4. The van der Waals surface area contributed by atoms with Crippen LogP contribution in [0.3, 0.4) is 0 Å². The fourth-order valence-corrected chi connectivity index (χ4v) is 5.47. The lowest BCUT2D eigenvalue weighted by Crippen LogP contribution is -2.29. The molecule has 0 aliphatic heterocycles. The van der Waals surface area contributed by atoms with Crippen molar-refractivity contribution in [3.63, 3.8) is 0 Å². The highest BCUT2D eigenvalue weighted by molar-refractivity contribution is 9.11. The number of thiophene rings is 1. The summed E-state index contributed by atoms with van der Waals surface area (Å²) in [6.07, 6.45) is 9.89. The van der Waals surface area contributed by atoms with Gasteiger partial charge in [0.1, 0.15) is 0 Å². The van der Waals surface area contributed by atoms with Gasteiger partial charge < -0.3 is 5.32 Å². The fourth-order valence-electron chi connectivity index (χ4n) is 3.72. The van der Waals surface area contributed by atoms with Crippen LogP contribution in [0.5, 0.6) is 0 Å². The number of hydrogen-bond acceptors (Lipinski definition) is 2. The van der Waals surface area contributed by atoms with Gasteiger partial charge >= 0.3 is 0 Å². The van der Waals surface area contributed by atoms with E-state index in [2.05, 4.69) is 48.2 Å². The number of rotatable bonds is 6. The number of hydrogen-bond donors (Lipinski definition) is 1. The van der Waals surface area contributed by atoms with Gasteiger partial charge in [0.05, 0.1) is 3.79 Å². The van der Waals surface area contributed by atoms with E-state index in [1.807, 2.05) is 11.3 Å². The second-order valence-corrected chi connectivity index (χ2v) is 8.89. The zero-order chi connectivity index (χ0) is 14.5. The molecule has 1 N–H and O–H groups in total. The summed E-state index contributed by atoms with van der Waals surface area (Å²) < 4.78 is 1.27. The van der Waals surface area contributed by atoms with E-state index >= 15 is 0 Å². The lowest BCUT2D eigenvalue weighted by atomic mass is 9.75. The Morgan fingerprint density at radius 2 is 2.05 bits per heavy atom. The summed E-state index contributed by atoms with van der Waals surface area (Å²) >= 11 is 5.50. The maximum Gasteiger partial charge on any atom is 0.0704 e. The van der Waals surface area contributed by atoms with Crippen molar-refractivity contribution in [2.75, 3.05) is 7.05 Å². The van der Waals surface area contributed by atoms with Gasteiger partial charge in [-0.3, -0.25) is 0 Å². The van der Waals surface area contributed by atoms with E-state index in [1.54, 1.807) is 0 Å². The first-order valence-electron chi connectivity index (χ1n) is 8.08. The zero-order valence-electron chi connectivity index (χ0n) is 13.0. The number of nitrogens with one attached hydrogen (secondary N) is 1. The first-order chi connectivity index (χ1) is 9.65. The molecule has 2 rings (SSSR count). The quantitative estimate of drug-likeness (QED) is 0.650. The molecule has 1 heterocycles. The standard InChI is InChI=1S/C17H28BrNS/c1-4-5-6-13-7-9-14(10-8-13)17(19-3)15-11-16(18)20-12(15)2/h11,13-14,17,19H,4-10H2,1-3H3. The number of aryl methyl sites for hydroxylation is 1. The highest BCUT2D eigenvalue weighted by Crippen LogP contribution is 2.41. The van der Waals surface area contributed by atoms with Gasteiger partial charge in [0.2, 0.25) is 0 Å². The third-order valence-corrected chi connectivity index (χ3v) is 6.47. The first kappa shape index (κ1) is 16.5. The Hall–Kier alpha value is 0.140. The third-order valence-electron chi connectivity index (χ3n) is 4.90. The molecular weight excluding hydrogens is 330 g/mol. The molecule has 20 heavy (non-hydrogen) atoms. The molecule has 1 fully saturated rings. The maximum absolute atomic E-state index is 3.63. The topological polar surface area (TPSA) is 12.0 Å². The van der Waals surface area contributed by atoms with Crippen LogP contribution < -0.4 is 5.32 Å². The lowest BCUT2D eigenvalue weighted by Gasteiger charge is -2.34. The van der Waals surface area contributed by atoms with E-state index in [9.17, 15) is 0 Å². The van der Waals surface area contributed by atoms with Crippen molar-refractivity contribution in [1.82, 2.24) is 5.32 Å². The minimum Gasteiger partial charge on any atom is -0.313 e. The molecule has 0 bridgehead atoms. The van der Waals surface area contributed by atoms with Crippen LogP contribution >= 0.6 is 27.3 Å². The second kappa shape index (κ2) is 7.95. The van der Waals surface area contributed by atoms with Gasteiger partial charge in [0.25, 0.3) is 0 Å². The van der Waals surface area contributed by atoms with E-state index in [0.717, 1.165) is 11.8 Å². The van der Waals surface area contributed by atoms with Crippen LogP contribution in [0, 0.1) is 18.8 Å². The summed E-state index contributed by atoms with van der Waals surface area (Å²) in [5.74, 6) is 1.82. The van der Waals surface area contributed by atoms with Crippen LogP contribution in [-0.4, -0.2) is 7.05 Å². The van der Waals surface area contributed by atoms with Crippen LogP contribution in [0.15, 0.2) is 9.85 Å². The molecule has 1 unspecified atom stereocenters. The Balaban J connectivity index is 1.95. The van der Waals surface area contributed by atoms with E-state index in [1.165, 1.54) is 59.2 Å². The number of halogens is 1. The highest BCUT2D eigenvalue weighted by atomic mass is 79.9. The molecule has 1 saturated carbocycles. The van der Waals surface area contributed by atoms with Gasteiger partial charge in [-0.15, -0.1) is 11.3 Å². The van der Waals surface area contributed by atoms with Crippen LogP contribution in [0.1, 0.15) is 68.4 Å². The average Bonchev–Trinajstić information content (AvgIpc) is 2.78. The molecule has 0 aromatic carbocycles. The summed E-state index contributed by atoms with van der Waals surface area (Å²) in [5, 5.41) is 3.59. The molecule has 1 aromatic heterocycles. The van der Waals surface area contributed by atoms with Crippen LogP contribution in [0.2, 0.25) is 0 Å². The Labute approximate surface area is 136 Å². The minimum atomic E-state index is 0.546. The molecule has 0 saturated heterocycles. The van der Waals surface area contributed by atoms with Crippen molar-refractivity contribution < 1.29 is 0 Å². The molecule has 1 nitrogen and oxygen atoms in total. The first-order valence-corrected chi connectivity index (χ1v) is 9.69. The SMILES string of the molecule is CCCCC1CCC(C(NC)c2cc(Br)sc2C)CC1. The molecular formula is C17H28BrNS. The van der Waals surface area contributed by atoms with Crippen LogP contribution in [0.4, 0.5) is 0 Å². The largest absolute Gasteiger partial charge is 0.313 e. The van der Waals surface area contributed by atoms with Crippen molar-refractivity contribution in [3.8, 4) is 0 Å². The van der Waals surface area contributed by atoms with Gasteiger partial charge in [-0.05, 0) is 66.2 Å². The summed E-state index contributed by atoms with van der Waals surface area (Å²) in [6, 6.07) is 2.87. The van der Waals surface area contributed by atoms with Gasteiger partial charge in [-0.2, -0.15) is 0 Å². The van der Waals surface area contributed by atoms with Gasteiger partial charge in [-0.1, -0.05) is 39.0 Å². The third kappa shape index (κ3) is 4.08. The van der Waals surface area contributed by atoms with Gasteiger partial charge in [-0.25, -0.2) is 0 Å². The van der Waals surface area contributed by atoms with E-state index < -0.39 is 0 Å². The van der Waals surface area contributed by atoms with E-state index in [0.29, 0.717) is 6.04 Å². The van der Waals surface area contributed by atoms with E-state index in [4.69, 9.17) is 0 Å². The van der Waals surface area contributed by atoms with Crippen LogP contribution in [-0.2, 0) is 0 Å². The summed E-state index contributed by atoms with van der Waals surface area (Å²) in [4.78, 5) is 1.46. The van der Waals surface area contributed by atoms with Crippen molar-refractivity contribution in [1.29, 1.82) is 0 Å². The maximum atomic E-state index is 3.63. The molecule has 0 radical (unpaired) electrons. The molecule has 1 aliphatic rings. The van der Waals surface area contributed by atoms with Crippen molar-refractivity contribution in [3.05, 3.63) is 20.3 Å². The van der Waals surface area contributed by atoms with Crippen molar-refractivity contribution in [2.45, 2.75) is 64.8 Å². The second-order valence-electron chi connectivity index (χ2n) is 6.25. The van der Waals surface area contributed by atoms with Crippen LogP contribution in [0.25, 0.3) is 0 Å². The summed E-state index contributed by atoms with van der Waals surface area (Å²) in [7, 11) is 2.12. The molecule has 0 spiro atoms. The molecule has 1 atom stereocenters. The van der Waals surface area contributed by atoms with Crippen molar-refractivity contribution >= 4 is 27.3 Å². The highest BCUT2D eigenvalue weighted by Gasteiger charge is 2.28. The van der Waals surface area contributed by atoms with Gasteiger partial charge in [0, 0.05) is 10.9 Å². The molecule has 1 aromatic rings. The van der Waals surface area contributed by atoms with E-state index in [-0.39, 0.29) is 0 Å². The summed E-state index contributed by atoms with van der Waals surface area (Å²) in [5.41, 5.74) is 1.52. The average molecular weight is 358 g/mol. The Kier molecular flexibility index (Phi) is 6.57. The Bertz CT molecular complexity index is 407. The predicted octanol–water partition coefficient (Wildman–Crippen LogP) is 6.08. The van der Waals surface area contributed by atoms with Gasteiger partial charge in [0.15, 0.2) is 0 Å². The Morgan fingerprint density at radius 3 is 2.55 bits per heavy atom. The Morgan fingerprint density at radius 1 is 1.35 bits per heavy atom. The molecule has 0 amide bonds. The smallest absolute Gasteiger partial charge is 0.0704 e. The molecule has 114 valence electrons. The summed E-state index contributed by atoms with van der Waals surface area (Å²) in [6.45, 7) is 4.56. The number of unbranched alkanes of at least 4 members (excludes halogenated alkanes) is 1. The monoisotopic (exact) mass is 357 g/mol. The fraction of sp³-hybridized carbons (Fsp3) is 0.765. The minimum absolute atomic E-state index is 0.546. The molecule has 1 aliphatic carbocycles. The molecule has 3 heteroatoms. The normalized spacial score (nSPS) is 24.8.